The maximum absolute atomic E-state index is 12.1. The van der Waals surface area contributed by atoms with Crippen LogP contribution in [0.1, 0.15) is 24.4 Å². The van der Waals surface area contributed by atoms with Crippen molar-refractivity contribution in [3.8, 4) is 0 Å². The summed E-state index contributed by atoms with van der Waals surface area (Å²) in [7, 11) is 0. The molecule has 0 saturated carbocycles. The molecule has 18 heavy (non-hydrogen) atoms. The Kier molecular flexibility index (Phi) is 3.08. The average molecular weight is 253 g/mol. The third kappa shape index (κ3) is 2.51. The number of carbonyl (C=O) groups excluding carboxylic acids is 1. The van der Waals surface area contributed by atoms with Crippen LogP contribution in [0, 0.1) is 10.1 Å². The van der Waals surface area contributed by atoms with E-state index in [1.165, 1.54) is 12.1 Å². The number of rotatable bonds is 2. The topological polar surface area (TPSA) is 88.6 Å². The molecule has 0 bridgehead atoms. The summed E-state index contributed by atoms with van der Waals surface area (Å²) in [5, 5.41) is 13.8. The Hall–Kier alpha value is -1.89. The van der Waals surface area contributed by atoms with E-state index < -0.39 is 10.8 Å². The zero-order valence-electron chi connectivity index (χ0n) is 10.3. The number of nitrogens with zero attached hydrogens (tertiary/aromatic N) is 2. The van der Waals surface area contributed by atoms with Crippen molar-refractivity contribution in [1.82, 2.24) is 10.2 Å². The Labute approximate surface area is 104 Å². The molecular formula is C11H15N3O4. The number of carbonyl (C=O) groups is 1. The lowest BCUT2D eigenvalue weighted by atomic mass is 10.0. The molecule has 0 atom stereocenters. The number of furan rings is 1. The van der Waals surface area contributed by atoms with Gasteiger partial charge in [0.2, 0.25) is 0 Å². The van der Waals surface area contributed by atoms with Crippen LogP contribution in [0.2, 0.25) is 0 Å². The first kappa shape index (κ1) is 12.6. The fourth-order valence-corrected chi connectivity index (χ4v) is 2.01. The van der Waals surface area contributed by atoms with Gasteiger partial charge in [-0.1, -0.05) is 0 Å². The van der Waals surface area contributed by atoms with E-state index in [2.05, 4.69) is 5.32 Å². The Morgan fingerprint density at radius 2 is 2.28 bits per heavy atom. The van der Waals surface area contributed by atoms with Gasteiger partial charge in [0.25, 0.3) is 5.91 Å². The average Bonchev–Trinajstić information content (AvgIpc) is 2.76. The van der Waals surface area contributed by atoms with Crippen molar-refractivity contribution in [1.29, 1.82) is 0 Å². The van der Waals surface area contributed by atoms with E-state index in [9.17, 15) is 14.9 Å². The third-order valence-corrected chi connectivity index (χ3v) is 2.84. The van der Waals surface area contributed by atoms with Gasteiger partial charge in [0.05, 0.1) is 6.07 Å². The highest BCUT2D eigenvalue weighted by Gasteiger charge is 2.31. The number of hydrogen-bond donors (Lipinski definition) is 1. The molecule has 1 fully saturated rings. The molecule has 1 N–H and O–H groups in total. The number of piperazine rings is 1. The zero-order valence-corrected chi connectivity index (χ0v) is 10.3. The zero-order chi connectivity index (χ0) is 13.3. The van der Waals surface area contributed by atoms with Crippen LogP contribution in [0.5, 0.6) is 0 Å². The summed E-state index contributed by atoms with van der Waals surface area (Å²) in [4.78, 5) is 23.6. The molecule has 1 amide bonds. The van der Waals surface area contributed by atoms with Crippen LogP contribution in [0.15, 0.2) is 16.5 Å². The smallest absolute Gasteiger partial charge is 0.395 e. The van der Waals surface area contributed by atoms with E-state index in [0.717, 1.165) is 0 Å². The molecule has 2 heterocycles. The molecule has 1 aromatic rings. The van der Waals surface area contributed by atoms with Gasteiger partial charge in [0, 0.05) is 25.2 Å². The summed E-state index contributed by atoms with van der Waals surface area (Å²) in [6.07, 6.45) is 0. The van der Waals surface area contributed by atoms with Crippen molar-refractivity contribution in [3.05, 3.63) is 28.0 Å². The van der Waals surface area contributed by atoms with Crippen LogP contribution in [0.25, 0.3) is 0 Å². The van der Waals surface area contributed by atoms with Gasteiger partial charge in [-0.25, -0.2) is 0 Å². The Bertz CT molecular complexity index is 480. The van der Waals surface area contributed by atoms with Crippen molar-refractivity contribution in [2.45, 2.75) is 19.4 Å². The minimum absolute atomic E-state index is 0.0133. The molecule has 0 aromatic carbocycles. The Balaban J connectivity index is 2.13. The van der Waals surface area contributed by atoms with Crippen LogP contribution < -0.4 is 5.32 Å². The lowest BCUT2D eigenvalue weighted by molar-refractivity contribution is -0.402. The molecule has 7 heteroatoms. The maximum Gasteiger partial charge on any atom is 0.433 e. The molecule has 1 aromatic heterocycles. The fourth-order valence-electron chi connectivity index (χ4n) is 2.01. The highest BCUT2D eigenvalue weighted by molar-refractivity contribution is 5.91. The number of nitrogens with one attached hydrogen (secondary N) is 1. The standard InChI is InChI=1S/C11H15N3O4/c1-11(2)7-13(6-5-12-11)10(15)8-3-4-9(18-8)14(16)17/h3-4,12H,5-7H2,1-2H3. The molecule has 7 nitrogen and oxygen atoms in total. The maximum atomic E-state index is 12.1. The minimum atomic E-state index is -0.654. The Morgan fingerprint density at radius 3 is 2.83 bits per heavy atom. The summed E-state index contributed by atoms with van der Waals surface area (Å²) in [5.74, 6) is -0.704. The van der Waals surface area contributed by atoms with Gasteiger partial charge in [0.15, 0.2) is 5.76 Å². The van der Waals surface area contributed by atoms with Crippen molar-refractivity contribution in [3.63, 3.8) is 0 Å². The highest BCUT2D eigenvalue weighted by Crippen LogP contribution is 2.19. The summed E-state index contributed by atoms with van der Waals surface area (Å²) in [6.45, 7) is 5.80. The summed E-state index contributed by atoms with van der Waals surface area (Å²) in [6, 6.07) is 2.54. The first-order valence-corrected chi connectivity index (χ1v) is 5.67. The van der Waals surface area contributed by atoms with E-state index in [1.807, 2.05) is 13.8 Å². The van der Waals surface area contributed by atoms with Crippen LogP contribution in [0.4, 0.5) is 5.88 Å². The van der Waals surface area contributed by atoms with E-state index in [-0.39, 0.29) is 17.2 Å². The van der Waals surface area contributed by atoms with Gasteiger partial charge in [-0.2, -0.15) is 0 Å². The van der Waals surface area contributed by atoms with Gasteiger partial charge in [-0.05, 0) is 19.9 Å². The molecule has 0 spiro atoms. The molecule has 0 radical (unpaired) electrons. The summed E-state index contributed by atoms with van der Waals surface area (Å²) < 4.78 is 4.92. The molecule has 0 unspecified atom stereocenters. The summed E-state index contributed by atoms with van der Waals surface area (Å²) >= 11 is 0. The van der Waals surface area contributed by atoms with Gasteiger partial charge < -0.3 is 14.6 Å². The van der Waals surface area contributed by atoms with E-state index in [0.29, 0.717) is 19.6 Å². The predicted molar refractivity (Wildman–Crippen MR) is 63.3 cm³/mol. The normalized spacial score (nSPS) is 18.7. The quantitative estimate of drug-likeness (QED) is 0.627. The molecular weight excluding hydrogens is 238 g/mol. The van der Waals surface area contributed by atoms with Crippen molar-refractivity contribution >= 4 is 11.8 Å². The SMILES string of the molecule is CC1(C)CN(C(=O)c2ccc([N+](=O)[O-])o2)CCN1. The molecule has 1 aliphatic rings. The molecule has 1 aliphatic heterocycles. The first-order chi connectivity index (χ1) is 8.39. The molecule has 2 rings (SSSR count). The minimum Gasteiger partial charge on any atom is -0.395 e. The Morgan fingerprint density at radius 1 is 1.56 bits per heavy atom. The highest BCUT2D eigenvalue weighted by atomic mass is 16.6. The van der Waals surface area contributed by atoms with Crippen molar-refractivity contribution in [2.24, 2.45) is 0 Å². The van der Waals surface area contributed by atoms with Crippen molar-refractivity contribution in [2.75, 3.05) is 19.6 Å². The fraction of sp³-hybridized carbons (Fsp3) is 0.545. The third-order valence-electron chi connectivity index (χ3n) is 2.84. The van der Waals surface area contributed by atoms with Gasteiger partial charge in [0.1, 0.15) is 4.92 Å². The van der Waals surface area contributed by atoms with E-state index in [4.69, 9.17) is 4.42 Å². The number of nitro groups is 1. The second-order valence-corrected chi connectivity index (χ2v) is 4.93. The largest absolute Gasteiger partial charge is 0.433 e. The van der Waals surface area contributed by atoms with Gasteiger partial charge in [-0.15, -0.1) is 0 Å². The lowest BCUT2D eigenvalue weighted by Crippen LogP contribution is -2.58. The lowest BCUT2D eigenvalue weighted by Gasteiger charge is -2.38. The molecule has 98 valence electrons. The first-order valence-electron chi connectivity index (χ1n) is 5.67. The summed E-state index contributed by atoms with van der Waals surface area (Å²) in [5.41, 5.74) is -0.160. The van der Waals surface area contributed by atoms with Gasteiger partial charge >= 0.3 is 5.88 Å². The van der Waals surface area contributed by atoms with Crippen LogP contribution in [-0.2, 0) is 0 Å². The predicted octanol–water partition coefficient (Wildman–Crippen LogP) is 1.01. The van der Waals surface area contributed by atoms with Gasteiger partial charge in [-0.3, -0.25) is 14.9 Å². The second-order valence-electron chi connectivity index (χ2n) is 4.93. The van der Waals surface area contributed by atoms with Crippen molar-refractivity contribution < 1.29 is 14.1 Å². The molecule has 1 saturated heterocycles. The monoisotopic (exact) mass is 253 g/mol. The van der Waals surface area contributed by atoms with Crippen LogP contribution in [-0.4, -0.2) is 40.9 Å². The molecule has 0 aliphatic carbocycles. The van der Waals surface area contributed by atoms with Crippen LogP contribution in [0.3, 0.4) is 0 Å². The van der Waals surface area contributed by atoms with Crippen LogP contribution >= 0.6 is 0 Å². The van der Waals surface area contributed by atoms with E-state index >= 15 is 0 Å². The number of hydrogen-bond acceptors (Lipinski definition) is 5. The van der Waals surface area contributed by atoms with E-state index in [1.54, 1.807) is 4.90 Å². The second kappa shape index (κ2) is 4.41. The number of amides is 1.